The number of hydrogen-bond acceptors (Lipinski definition) is 3. The van der Waals surface area contributed by atoms with Crippen LogP contribution in [0.5, 0.6) is 0 Å². The van der Waals surface area contributed by atoms with Crippen LogP contribution in [0, 0.1) is 0 Å². The first-order valence-corrected chi connectivity index (χ1v) is 10.3. The Labute approximate surface area is 158 Å². The van der Waals surface area contributed by atoms with E-state index in [0.29, 0.717) is 0 Å². The van der Waals surface area contributed by atoms with E-state index in [1.807, 2.05) is 6.07 Å². The Morgan fingerprint density at radius 3 is 2.31 bits per heavy atom. The highest BCUT2D eigenvalue weighted by atomic mass is 32.1. The maximum absolute atomic E-state index is 12.1. The molecule has 0 saturated carbocycles. The van der Waals surface area contributed by atoms with Gasteiger partial charge in [-0.3, -0.25) is 0 Å². The van der Waals surface area contributed by atoms with Crippen LogP contribution in [-0.4, -0.2) is 5.11 Å². The summed E-state index contributed by atoms with van der Waals surface area (Å²) in [4.78, 5) is 1.00. The maximum Gasteiger partial charge on any atom is 0.150 e. The Balaban J connectivity index is 1.74. The summed E-state index contributed by atoms with van der Waals surface area (Å²) in [5.41, 5.74) is 3.16. The molecule has 3 aromatic carbocycles. The minimum atomic E-state index is -1.08. The summed E-state index contributed by atoms with van der Waals surface area (Å²) in [6.07, 6.45) is 0. The predicted molar refractivity (Wildman–Crippen MR) is 111 cm³/mol. The molecular weight excluding hydrogens is 356 g/mol. The molecule has 0 radical (unpaired) electrons. The second-order valence-electron chi connectivity index (χ2n) is 6.76. The second-order valence-corrected chi connectivity index (χ2v) is 8.79. The van der Waals surface area contributed by atoms with Crippen molar-refractivity contribution in [3.63, 3.8) is 0 Å². The van der Waals surface area contributed by atoms with Gasteiger partial charge < -0.3 is 5.11 Å². The lowest BCUT2D eigenvalue weighted by atomic mass is 9.89. The molecule has 0 fully saturated rings. The molecule has 1 N–H and O–H groups in total. The van der Waals surface area contributed by atoms with Crippen molar-refractivity contribution >= 4 is 42.8 Å². The van der Waals surface area contributed by atoms with Gasteiger partial charge in [0.1, 0.15) is 0 Å². The summed E-state index contributed by atoms with van der Waals surface area (Å²) in [5, 5.41) is 16.5. The molecule has 0 amide bonds. The zero-order chi connectivity index (χ0) is 17.3. The summed E-state index contributed by atoms with van der Waals surface area (Å²) in [6, 6.07) is 25.3. The molecule has 0 bridgehead atoms. The van der Waals surface area contributed by atoms with Gasteiger partial charge in [-0.2, -0.15) is 0 Å². The van der Waals surface area contributed by atoms with Crippen LogP contribution in [0.4, 0.5) is 0 Å². The lowest BCUT2D eigenvalue weighted by Crippen LogP contribution is -2.24. The standard InChI is InChI=1S/C23H14OS2/c24-23(22-13-21-20(26-22)9-10-25-21)18-8-4-3-7-16(18)17-11-14-5-1-2-6-15(14)12-19(17)23/h1-13,24H. The Bertz CT molecular complexity index is 1280. The molecule has 1 aliphatic carbocycles. The van der Waals surface area contributed by atoms with Gasteiger partial charge in [-0.15, -0.1) is 22.7 Å². The summed E-state index contributed by atoms with van der Waals surface area (Å²) in [5.74, 6) is 0. The number of rotatable bonds is 1. The highest BCUT2D eigenvalue weighted by Gasteiger charge is 2.44. The number of fused-ring (bicyclic) bond motifs is 5. The van der Waals surface area contributed by atoms with Gasteiger partial charge in [0.25, 0.3) is 0 Å². The number of benzene rings is 3. The zero-order valence-corrected chi connectivity index (χ0v) is 15.4. The first-order chi connectivity index (χ1) is 12.7. The van der Waals surface area contributed by atoms with Crippen molar-refractivity contribution in [1.82, 2.24) is 0 Å². The average molecular weight is 370 g/mol. The SMILES string of the molecule is OC1(c2cc3sccc3s2)c2ccccc2-c2cc3ccccc3cc21. The minimum Gasteiger partial charge on any atom is -0.375 e. The maximum atomic E-state index is 12.1. The topological polar surface area (TPSA) is 20.2 Å². The van der Waals surface area contributed by atoms with Gasteiger partial charge in [0.2, 0.25) is 0 Å². The van der Waals surface area contributed by atoms with E-state index >= 15 is 0 Å². The Morgan fingerprint density at radius 2 is 1.46 bits per heavy atom. The summed E-state index contributed by atoms with van der Waals surface area (Å²) in [6.45, 7) is 0. The van der Waals surface area contributed by atoms with E-state index in [0.717, 1.165) is 32.5 Å². The van der Waals surface area contributed by atoms with E-state index in [-0.39, 0.29) is 0 Å². The van der Waals surface area contributed by atoms with Crippen LogP contribution in [0.25, 0.3) is 31.3 Å². The van der Waals surface area contributed by atoms with Crippen LogP contribution >= 0.6 is 22.7 Å². The fourth-order valence-corrected chi connectivity index (χ4v) is 6.38. The molecule has 1 atom stereocenters. The minimum absolute atomic E-state index is 0.985. The molecule has 0 saturated heterocycles. The average Bonchev–Trinajstić information content (AvgIpc) is 3.34. The molecule has 2 heterocycles. The van der Waals surface area contributed by atoms with E-state index in [1.165, 1.54) is 14.8 Å². The van der Waals surface area contributed by atoms with Crippen LogP contribution in [0.3, 0.4) is 0 Å². The molecule has 6 rings (SSSR count). The van der Waals surface area contributed by atoms with Gasteiger partial charge in [-0.1, -0.05) is 48.5 Å². The predicted octanol–water partition coefficient (Wildman–Crippen LogP) is 6.38. The second kappa shape index (κ2) is 5.04. The first-order valence-electron chi connectivity index (χ1n) is 8.58. The van der Waals surface area contributed by atoms with Gasteiger partial charge in [0.15, 0.2) is 5.60 Å². The van der Waals surface area contributed by atoms with Gasteiger partial charge in [0, 0.05) is 25.4 Å². The smallest absolute Gasteiger partial charge is 0.150 e. The zero-order valence-electron chi connectivity index (χ0n) is 13.8. The number of hydrogen-bond donors (Lipinski definition) is 1. The molecule has 1 aliphatic rings. The summed E-state index contributed by atoms with van der Waals surface area (Å²) >= 11 is 3.42. The Hall–Kier alpha value is -2.46. The number of thiophene rings is 2. The van der Waals surface area contributed by atoms with E-state index in [9.17, 15) is 5.11 Å². The third-order valence-electron chi connectivity index (χ3n) is 5.38. The molecule has 5 aromatic rings. The van der Waals surface area contributed by atoms with E-state index in [1.54, 1.807) is 22.7 Å². The van der Waals surface area contributed by atoms with Crippen molar-refractivity contribution in [3.05, 3.63) is 94.2 Å². The monoisotopic (exact) mass is 370 g/mol. The van der Waals surface area contributed by atoms with Crippen molar-refractivity contribution in [2.24, 2.45) is 0 Å². The quantitative estimate of drug-likeness (QED) is 0.363. The fraction of sp³-hybridized carbons (Fsp3) is 0.0435. The molecule has 1 nitrogen and oxygen atoms in total. The lowest BCUT2D eigenvalue weighted by Gasteiger charge is -2.24. The lowest BCUT2D eigenvalue weighted by molar-refractivity contribution is 0.135. The molecule has 3 heteroatoms. The van der Waals surface area contributed by atoms with Crippen molar-refractivity contribution in [2.45, 2.75) is 5.60 Å². The molecule has 1 unspecified atom stereocenters. The van der Waals surface area contributed by atoms with E-state index in [2.05, 4.69) is 72.1 Å². The van der Waals surface area contributed by atoms with Crippen LogP contribution in [0.1, 0.15) is 16.0 Å². The Kier molecular flexibility index (Phi) is 2.85. The van der Waals surface area contributed by atoms with Crippen LogP contribution in [0.15, 0.2) is 78.2 Å². The van der Waals surface area contributed by atoms with Gasteiger partial charge in [-0.05, 0) is 51.5 Å². The van der Waals surface area contributed by atoms with E-state index in [4.69, 9.17) is 0 Å². The Morgan fingerprint density at radius 1 is 0.692 bits per heavy atom. The van der Waals surface area contributed by atoms with E-state index < -0.39 is 5.60 Å². The van der Waals surface area contributed by atoms with Crippen LogP contribution in [-0.2, 0) is 5.60 Å². The largest absolute Gasteiger partial charge is 0.375 e. The normalized spacial score (nSPS) is 18.3. The van der Waals surface area contributed by atoms with Gasteiger partial charge >= 0.3 is 0 Å². The van der Waals surface area contributed by atoms with Gasteiger partial charge in [0.05, 0.1) is 0 Å². The van der Waals surface area contributed by atoms with Crippen molar-refractivity contribution in [2.75, 3.05) is 0 Å². The molecule has 2 aromatic heterocycles. The summed E-state index contributed by atoms with van der Waals surface area (Å²) < 4.78 is 2.48. The first kappa shape index (κ1) is 14.7. The van der Waals surface area contributed by atoms with Gasteiger partial charge in [-0.25, -0.2) is 0 Å². The van der Waals surface area contributed by atoms with Crippen LogP contribution in [0.2, 0.25) is 0 Å². The molecular formula is C23H14OS2. The molecule has 26 heavy (non-hydrogen) atoms. The molecule has 124 valence electrons. The third kappa shape index (κ3) is 1.78. The number of aliphatic hydroxyl groups is 1. The van der Waals surface area contributed by atoms with Crippen molar-refractivity contribution in [3.8, 4) is 11.1 Å². The fourth-order valence-electron chi connectivity index (χ4n) is 4.15. The van der Waals surface area contributed by atoms with Crippen LogP contribution < -0.4 is 0 Å². The highest BCUT2D eigenvalue weighted by molar-refractivity contribution is 7.27. The molecule has 0 aliphatic heterocycles. The summed E-state index contributed by atoms with van der Waals surface area (Å²) in [7, 11) is 0. The highest BCUT2D eigenvalue weighted by Crippen LogP contribution is 2.54. The third-order valence-corrected chi connectivity index (χ3v) is 7.58. The molecule has 0 spiro atoms. The van der Waals surface area contributed by atoms with Crippen molar-refractivity contribution < 1.29 is 5.11 Å². The van der Waals surface area contributed by atoms with Crippen molar-refractivity contribution in [1.29, 1.82) is 0 Å².